The molecule has 3 aromatic rings. The van der Waals surface area contributed by atoms with Gasteiger partial charge in [-0.05, 0) is 68.9 Å². The molecule has 172 valence electrons. The number of H-pyrrole nitrogens is 1. The summed E-state index contributed by atoms with van der Waals surface area (Å²) >= 11 is 1.47. The van der Waals surface area contributed by atoms with E-state index in [-0.39, 0.29) is 24.8 Å². The fourth-order valence-corrected chi connectivity index (χ4v) is 5.28. The number of amides is 1. The summed E-state index contributed by atoms with van der Waals surface area (Å²) in [6, 6.07) is 7.19. The minimum Gasteiger partial charge on any atom is -0.459 e. The van der Waals surface area contributed by atoms with Crippen LogP contribution in [0, 0.1) is 0 Å². The molecule has 0 bridgehead atoms. The highest BCUT2D eigenvalue weighted by Gasteiger charge is 2.28. The van der Waals surface area contributed by atoms with Crippen molar-refractivity contribution in [3.63, 3.8) is 0 Å². The first-order chi connectivity index (χ1) is 16.0. The van der Waals surface area contributed by atoms with Crippen molar-refractivity contribution in [2.45, 2.75) is 52.1 Å². The number of carbonyl (C=O) groups is 2. The zero-order valence-corrected chi connectivity index (χ0v) is 19.3. The number of aromatic amines is 1. The number of esters is 1. The van der Waals surface area contributed by atoms with Gasteiger partial charge in [-0.2, -0.15) is 5.10 Å². The van der Waals surface area contributed by atoms with Gasteiger partial charge in [-0.15, -0.1) is 11.3 Å². The standard InChI is InChI=1S/C24H25N3O5S/c1-3-13(2)32-24(29)21-15-6-4-5-7-20(15)33-23(21)25-22(28)17-11-16(26-27-17)14-8-9-18-19(10-14)31-12-30-18/h8-11,13H,3-7,12H2,1-2H3,(H,25,28)(H,26,27). The van der Waals surface area contributed by atoms with E-state index in [1.807, 2.05) is 32.0 Å². The van der Waals surface area contributed by atoms with E-state index in [0.717, 1.165) is 48.1 Å². The molecule has 33 heavy (non-hydrogen) atoms. The van der Waals surface area contributed by atoms with Gasteiger partial charge >= 0.3 is 5.97 Å². The Bertz CT molecular complexity index is 1210. The summed E-state index contributed by atoms with van der Waals surface area (Å²) in [5.74, 6) is 0.608. The molecule has 9 heteroatoms. The lowest BCUT2D eigenvalue weighted by molar-refractivity contribution is 0.0335. The highest BCUT2D eigenvalue weighted by Crippen LogP contribution is 2.39. The van der Waals surface area contributed by atoms with Gasteiger partial charge in [-0.25, -0.2) is 4.79 Å². The first kappa shape index (κ1) is 21.5. The third-order valence-corrected chi connectivity index (χ3v) is 7.18. The number of ether oxygens (including phenoxy) is 3. The molecule has 1 unspecified atom stereocenters. The summed E-state index contributed by atoms with van der Waals surface area (Å²) in [7, 11) is 0. The quantitative estimate of drug-likeness (QED) is 0.497. The van der Waals surface area contributed by atoms with Crippen molar-refractivity contribution < 1.29 is 23.8 Å². The number of nitrogens with one attached hydrogen (secondary N) is 2. The topological polar surface area (TPSA) is 103 Å². The number of hydrogen-bond acceptors (Lipinski definition) is 7. The van der Waals surface area contributed by atoms with Crippen molar-refractivity contribution in [1.82, 2.24) is 10.2 Å². The van der Waals surface area contributed by atoms with Crippen LogP contribution in [0.15, 0.2) is 24.3 Å². The molecule has 2 N–H and O–H groups in total. The average Bonchev–Trinajstić information content (AvgIpc) is 3.55. The number of aryl methyl sites for hydroxylation is 1. The maximum Gasteiger partial charge on any atom is 0.341 e. The number of carbonyl (C=O) groups excluding carboxylic acids is 2. The molecule has 2 aromatic heterocycles. The number of nitrogens with zero attached hydrogens (tertiary/aromatic N) is 1. The Hall–Kier alpha value is -3.33. The van der Waals surface area contributed by atoms with Crippen molar-refractivity contribution in [2.24, 2.45) is 0 Å². The maximum atomic E-state index is 13.0. The number of thiophene rings is 1. The zero-order chi connectivity index (χ0) is 22.9. The maximum absolute atomic E-state index is 13.0. The SMILES string of the molecule is CCC(C)OC(=O)c1c(NC(=O)c2cc(-c3ccc4c(c3)OCO4)n[nH]2)sc2c1CCCC2. The largest absolute Gasteiger partial charge is 0.459 e. The van der Waals surface area contributed by atoms with Gasteiger partial charge in [0.1, 0.15) is 10.7 Å². The number of aromatic nitrogens is 2. The fourth-order valence-electron chi connectivity index (χ4n) is 4.01. The number of rotatable bonds is 6. The van der Waals surface area contributed by atoms with Gasteiger partial charge < -0.3 is 19.5 Å². The average molecular weight is 468 g/mol. The molecule has 0 saturated carbocycles. The predicted octanol–water partition coefficient (Wildman–Crippen LogP) is 4.95. The van der Waals surface area contributed by atoms with Gasteiger partial charge in [-0.1, -0.05) is 6.92 Å². The molecule has 2 aliphatic rings. The molecular formula is C24H25N3O5S. The minimum absolute atomic E-state index is 0.183. The molecule has 1 aliphatic heterocycles. The van der Waals surface area contributed by atoms with Crippen LogP contribution in [0.5, 0.6) is 11.5 Å². The smallest absolute Gasteiger partial charge is 0.341 e. The molecule has 3 heterocycles. The molecule has 0 spiro atoms. The van der Waals surface area contributed by atoms with Gasteiger partial charge in [0.2, 0.25) is 6.79 Å². The normalized spacial score (nSPS) is 15.1. The van der Waals surface area contributed by atoms with Crippen molar-refractivity contribution in [2.75, 3.05) is 12.1 Å². The van der Waals surface area contributed by atoms with Gasteiger partial charge in [0.05, 0.1) is 17.4 Å². The van der Waals surface area contributed by atoms with E-state index < -0.39 is 0 Å². The molecule has 1 aromatic carbocycles. The van der Waals surface area contributed by atoms with Crippen LogP contribution in [0.2, 0.25) is 0 Å². The highest BCUT2D eigenvalue weighted by molar-refractivity contribution is 7.17. The third-order valence-electron chi connectivity index (χ3n) is 5.98. The first-order valence-corrected chi connectivity index (χ1v) is 12.0. The van der Waals surface area contributed by atoms with Crippen molar-refractivity contribution in [3.8, 4) is 22.8 Å². The molecule has 0 radical (unpaired) electrons. The van der Waals surface area contributed by atoms with E-state index in [0.29, 0.717) is 33.5 Å². The summed E-state index contributed by atoms with van der Waals surface area (Å²) < 4.78 is 16.4. The second-order valence-corrected chi connectivity index (χ2v) is 9.33. The Morgan fingerprint density at radius 1 is 1.21 bits per heavy atom. The first-order valence-electron chi connectivity index (χ1n) is 11.2. The summed E-state index contributed by atoms with van der Waals surface area (Å²) in [5.41, 5.74) is 3.23. The van der Waals surface area contributed by atoms with Crippen LogP contribution in [0.25, 0.3) is 11.3 Å². The molecular weight excluding hydrogens is 442 g/mol. The van der Waals surface area contributed by atoms with Crippen LogP contribution in [-0.2, 0) is 17.6 Å². The van der Waals surface area contributed by atoms with E-state index in [1.54, 1.807) is 6.07 Å². The van der Waals surface area contributed by atoms with Crippen LogP contribution in [-0.4, -0.2) is 35.0 Å². The van der Waals surface area contributed by atoms with E-state index in [4.69, 9.17) is 14.2 Å². The Kier molecular flexibility index (Phi) is 5.80. The van der Waals surface area contributed by atoms with Crippen LogP contribution >= 0.6 is 11.3 Å². The fraction of sp³-hybridized carbons (Fsp3) is 0.375. The highest BCUT2D eigenvalue weighted by atomic mass is 32.1. The Labute approximate surface area is 195 Å². The lowest BCUT2D eigenvalue weighted by Crippen LogP contribution is -2.19. The zero-order valence-electron chi connectivity index (χ0n) is 18.5. The lowest BCUT2D eigenvalue weighted by atomic mass is 9.95. The van der Waals surface area contributed by atoms with Gasteiger partial charge in [0.15, 0.2) is 11.5 Å². The van der Waals surface area contributed by atoms with E-state index in [1.165, 1.54) is 11.3 Å². The molecule has 0 saturated heterocycles. The number of benzene rings is 1. The summed E-state index contributed by atoms with van der Waals surface area (Å²) in [6.07, 6.45) is 4.40. The number of hydrogen-bond donors (Lipinski definition) is 2. The lowest BCUT2D eigenvalue weighted by Gasteiger charge is -2.15. The van der Waals surface area contributed by atoms with E-state index >= 15 is 0 Å². The van der Waals surface area contributed by atoms with Crippen molar-refractivity contribution in [1.29, 1.82) is 0 Å². The Balaban J connectivity index is 1.39. The van der Waals surface area contributed by atoms with Crippen LogP contribution in [0.3, 0.4) is 0 Å². The minimum atomic E-state index is -0.371. The van der Waals surface area contributed by atoms with Gasteiger partial charge in [0, 0.05) is 10.4 Å². The monoisotopic (exact) mass is 467 g/mol. The Morgan fingerprint density at radius 3 is 2.88 bits per heavy atom. The van der Waals surface area contributed by atoms with E-state index in [2.05, 4.69) is 15.5 Å². The van der Waals surface area contributed by atoms with Gasteiger partial charge in [0.25, 0.3) is 5.91 Å². The van der Waals surface area contributed by atoms with Crippen molar-refractivity contribution >= 4 is 28.2 Å². The van der Waals surface area contributed by atoms with Crippen LogP contribution in [0.1, 0.15) is 64.4 Å². The Morgan fingerprint density at radius 2 is 2.03 bits per heavy atom. The molecule has 8 nitrogen and oxygen atoms in total. The molecule has 1 atom stereocenters. The number of fused-ring (bicyclic) bond motifs is 2. The second-order valence-electron chi connectivity index (χ2n) is 8.23. The molecule has 0 fully saturated rings. The van der Waals surface area contributed by atoms with E-state index in [9.17, 15) is 9.59 Å². The third kappa shape index (κ3) is 4.20. The number of anilines is 1. The summed E-state index contributed by atoms with van der Waals surface area (Å²) in [5, 5.41) is 10.5. The van der Waals surface area contributed by atoms with Crippen LogP contribution < -0.4 is 14.8 Å². The summed E-state index contributed by atoms with van der Waals surface area (Å²) in [6.45, 7) is 4.04. The second kappa shape index (κ2) is 8.90. The molecule has 1 amide bonds. The molecule has 5 rings (SSSR count). The van der Waals surface area contributed by atoms with Crippen LogP contribution in [0.4, 0.5) is 5.00 Å². The van der Waals surface area contributed by atoms with Gasteiger partial charge in [-0.3, -0.25) is 9.89 Å². The molecule has 1 aliphatic carbocycles. The van der Waals surface area contributed by atoms with Crippen molar-refractivity contribution in [3.05, 3.63) is 46.0 Å². The predicted molar refractivity (Wildman–Crippen MR) is 124 cm³/mol. The summed E-state index contributed by atoms with van der Waals surface area (Å²) in [4.78, 5) is 27.1.